The molecule has 0 bridgehead atoms. The second-order valence-corrected chi connectivity index (χ2v) is 8.64. The van der Waals surface area contributed by atoms with Gasteiger partial charge in [0.25, 0.3) is 5.91 Å². The molecule has 0 aliphatic rings. The average molecular weight is 489 g/mol. The van der Waals surface area contributed by atoms with Crippen LogP contribution < -0.4 is 9.73 Å². The van der Waals surface area contributed by atoms with E-state index in [1.165, 1.54) is 12.1 Å². The van der Waals surface area contributed by atoms with E-state index in [0.29, 0.717) is 5.71 Å². The van der Waals surface area contributed by atoms with Crippen LogP contribution in [0.25, 0.3) is 0 Å². The van der Waals surface area contributed by atoms with Gasteiger partial charge in [0.2, 0.25) is 10.0 Å². The number of halogens is 2. The van der Waals surface area contributed by atoms with Crippen molar-refractivity contribution in [3.05, 3.63) is 63.5 Å². The first-order valence-corrected chi connectivity index (χ1v) is 10.4. The van der Waals surface area contributed by atoms with E-state index in [4.69, 9.17) is 0 Å². The number of hydrogen-bond donors (Lipinski definition) is 1. The van der Waals surface area contributed by atoms with Crippen LogP contribution in [0.15, 0.2) is 53.6 Å². The third-order valence-corrected chi connectivity index (χ3v) is 5.27. The maximum Gasteiger partial charge on any atom is 0.260 e. The van der Waals surface area contributed by atoms with Gasteiger partial charge in [-0.15, -0.1) is 0 Å². The molecule has 0 atom stereocenters. The van der Waals surface area contributed by atoms with Crippen molar-refractivity contribution in [1.29, 1.82) is 0 Å². The van der Waals surface area contributed by atoms with Crippen molar-refractivity contribution in [1.82, 2.24) is 5.43 Å². The summed E-state index contributed by atoms with van der Waals surface area (Å²) < 4.78 is 38.9. The number of benzene rings is 2. The molecule has 0 heterocycles. The van der Waals surface area contributed by atoms with Crippen LogP contribution in [0.1, 0.15) is 12.5 Å². The number of carbonyl (C=O) groups excluding carboxylic acids is 1. The van der Waals surface area contributed by atoms with Crippen molar-refractivity contribution in [2.75, 3.05) is 17.1 Å². The fraction of sp³-hybridized carbons (Fsp3) is 0.176. The van der Waals surface area contributed by atoms with E-state index in [9.17, 15) is 17.6 Å². The van der Waals surface area contributed by atoms with Crippen molar-refractivity contribution in [3.63, 3.8) is 0 Å². The van der Waals surface area contributed by atoms with Crippen molar-refractivity contribution in [2.45, 2.75) is 6.92 Å². The number of hydrogen-bond acceptors (Lipinski definition) is 4. The first-order valence-electron chi connectivity index (χ1n) is 7.49. The van der Waals surface area contributed by atoms with E-state index in [0.717, 1.165) is 31.8 Å². The number of nitrogens with zero attached hydrogens (tertiary/aromatic N) is 2. The number of amides is 1. The molecule has 0 fully saturated rings. The number of sulfonamides is 1. The first-order chi connectivity index (χ1) is 12.2. The summed E-state index contributed by atoms with van der Waals surface area (Å²) in [4.78, 5) is 12.1. The standard InChI is InChI=1S/C17H17FIN3O3S/c1-12(13-3-7-15(19)8-4-13)20-21-17(23)11-22(26(2,24)25)16-9-5-14(18)6-10-16/h3-10H,11H2,1-2H3,(H,21,23)/b20-12-. The smallest absolute Gasteiger partial charge is 0.260 e. The Hall–Kier alpha value is -2.01. The topological polar surface area (TPSA) is 78.8 Å². The van der Waals surface area contributed by atoms with Gasteiger partial charge >= 0.3 is 0 Å². The summed E-state index contributed by atoms with van der Waals surface area (Å²) in [6.45, 7) is 1.27. The predicted octanol–water partition coefficient (Wildman–Crippen LogP) is 2.74. The lowest BCUT2D eigenvalue weighted by molar-refractivity contribution is -0.119. The summed E-state index contributed by atoms with van der Waals surface area (Å²) in [6, 6.07) is 12.4. The lowest BCUT2D eigenvalue weighted by atomic mass is 10.1. The highest BCUT2D eigenvalue weighted by atomic mass is 127. The summed E-state index contributed by atoms with van der Waals surface area (Å²) in [5, 5.41) is 4.00. The number of anilines is 1. The Bertz CT molecular complexity index is 913. The van der Waals surface area contributed by atoms with Crippen LogP contribution in [0.3, 0.4) is 0 Å². The van der Waals surface area contributed by atoms with Crippen LogP contribution in [0, 0.1) is 9.39 Å². The van der Waals surface area contributed by atoms with E-state index >= 15 is 0 Å². The molecule has 0 aliphatic carbocycles. The number of nitrogens with one attached hydrogen (secondary N) is 1. The van der Waals surface area contributed by atoms with E-state index in [-0.39, 0.29) is 5.69 Å². The molecule has 0 aromatic heterocycles. The third-order valence-electron chi connectivity index (χ3n) is 3.41. The molecule has 138 valence electrons. The van der Waals surface area contributed by atoms with Gasteiger partial charge in [0.15, 0.2) is 0 Å². The zero-order valence-corrected chi connectivity index (χ0v) is 17.1. The molecule has 0 saturated heterocycles. The summed E-state index contributed by atoms with van der Waals surface area (Å²) in [5.41, 5.74) is 3.97. The van der Waals surface area contributed by atoms with Gasteiger partial charge in [-0.1, -0.05) is 12.1 Å². The molecule has 0 aliphatic heterocycles. The zero-order chi connectivity index (χ0) is 19.3. The van der Waals surface area contributed by atoms with Gasteiger partial charge in [-0.05, 0) is 71.5 Å². The highest BCUT2D eigenvalue weighted by Crippen LogP contribution is 2.17. The maximum atomic E-state index is 13.0. The maximum absolute atomic E-state index is 13.0. The lowest BCUT2D eigenvalue weighted by Gasteiger charge is -2.21. The average Bonchev–Trinajstić information content (AvgIpc) is 2.58. The van der Waals surface area contributed by atoms with Gasteiger partial charge in [0.05, 0.1) is 17.7 Å². The Morgan fingerprint density at radius 1 is 1.15 bits per heavy atom. The molecule has 0 radical (unpaired) electrons. The molecule has 2 aromatic carbocycles. The minimum absolute atomic E-state index is 0.197. The minimum Gasteiger partial charge on any atom is -0.271 e. The highest BCUT2D eigenvalue weighted by Gasteiger charge is 2.20. The van der Waals surface area contributed by atoms with Crippen LogP contribution >= 0.6 is 22.6 Å². The first kappa shape index (κ1) is 20.3. The molecular weight excluding hydrogens is 472 g/mol. The number of rotatable bonds is 6. The largest absolute Gasteiger partial charge is 0.271 e. The Labute approximate surface area is 165 Å². The van der Waals surface area contributed by atoms with E-state index in [1.807, 2.05) is 24.3 Å². The third kappa shape index (κ3) is 5.77. The molecule has 2 aromatic rings. The normalized spacial score (nSPS) is 11.9. The molecule has 1 amide bonds. The minimum atomic E-state index is -3.72. The van der Waals surface area contributed by atoms with Gasteiger partial charge in [-0.3, -0.25) is 9.10 Å². The fourth-order valence-corrected chi connectivity index (χ4v) is 3.29. The SMILES string of the molecule is C/C(=N/NC(=O)CN(c1ccc(F)cc1)S(C)(=O)=O)c1ccc(I)cc1. The monoisotopic (exact) mass is 489 g/mol. The molecule has 0 spiro atoms. The molecular formula is C17H17FIN3O3S. The van der Waals surface area contributed by atoms with Crippen molar-refractivity contribution in [3.8, 4) is 0 Å². The van der Waals surface area contributed by atoms with Gasteiger partial charge in [0, 0.05) is 3.57 Å². The van der Waals surface area contributed by atoms with Crippen molar-refractivity contribution >= 4 is 49.9 Å². The predicted molar refractivity (Wildman–Crippen MR) is 108 cm³/mol. The number of carbonyl (C=O) groups is 1. The summed E-state index contributed by atoms with van der Waals surface area (Å²) in [5.74, 6) is -1.10. The van der Waals surface area contributed by atoms with Crippen LogP contribution in [-0.2, 0) is 14.8 Å². The lowest BCUT2D eigenvalue weighted by Crippen LogP contribution is -2.39. The van der Waals surface area contributed by atoms with E-state index in [2.05, 4.69) is 33.1 Å². The molecule has 26 heavy (non-hydrogen) atoms. The van der Waals surface area contributed by atoms with Crippen LogP contribution in [0.2, 0.25) is 0 Å². The van der Waals surface area contributed by atoms with Crippen molar-refractivity contribution in [2.24, 2.45) is 5.10 Å². The van der Waals surface area contributed by atoms with Gasteiger partial charge in [-0.2, -0.15) is 5.10 Å². The van der Waals surface area contributed by atoms with Crippen LogP contribution in [-0.4, -0.2) is 32.8 Å². The Morgan fingerprint density at radius 2 is 1.73 bits per heavy atom. The van der Waals surface area contributed by atoms with Gasteiger partial charge in [-0.25, -0.2) is 18.2 Å². The van der Waals surface area contributed by atoms with E-state index in [1.54, 1.807) is 6.92 Å². The summed E-state index contributed by atoms with van der Waals surface area (Å²) >= 11 is 2.18. The Balaban J connectivity index is 2.11. The molecule has 0 saturated carbocycles. The molecule has 0 unspecified atom stereocenters. The fourth-order valence-electron chi connectivity index (χ4n) is 2.08. The summed E-state index contributed by atoms with van der Waals surface area (Å²) in [6.07, 6.45) is 0.976. The van der Waals surface area contributed by atoms with Gasteiger partial charge in [0.1, 0.15) is 12.4 Å². The van der Waals surface area contributed by atoms with Crippen molar-refractivity contribution < 1.29 is 17.6 Å². The Morgan fingerprint density at radius 3 is 2.27 bits per heavy atom. The molecule has 1 N–H and O–H groups in total. The Kier molecular flexibility index (Phi) is 6.70. The quantitative estimate of drug-likeness (QED) is 0.385. The van der Waals surface area contributed by atoms with E-state index < -0.39 is 28.3 Å². The zero-order valence-electron chi connectivity index (χ0n) is 14.1. The summed E-state index contributed by atoms with van der Waals surface area (Å²) in [7, 11) is -3.72. The van der Waals surface area contributed by atoms with Crippen LogP contribution in [0.4, 0.5) is 10.1 Å². The van der Waals surface area contributed by atoms with Crippen LogP contribution in [0.5, 0.6) is 0 Å². The molecule has 2 rings (SSSR count). The second-order valence-electron chi connectivity index (χ2n) is 5.49. The molecule has 9 heteroatoms. The highest BCUT2D eigenvalue weighted by molar-refractivity contribution is 14.1. The number of hydrazone groups is 1. The second kappa shape index (κ2) is 8.58. The molecule has 6 nitrogen and oxygen atoms in total. The van der Waals surface area contributed by atoms with Gasteiger partial charge < -0.3 is 0 Å².